The van der Waals surface area contributed by atoms with Crippen LogP contribution in [0.3, 0.4) is 0 Å². The molecule has 0 saturated heterocycles. The first kappa shape index (κ1) is 13.4. The molecule has 2 aromatic rings. The fourth-order valence-corrected chi connectivity index (χ4v) is 1.83. The Morgan fingerprint density at radius 3 is 2.47 bits per heavy atom. The van der Waals surface area contributed by atoms with Gasteiger partial charge in [0, 0.05) is 0 Å². The number of nitrogens with one attached hydrogen (secondary N) is 1. The van der Waals surface area contributed by atoms with Gasteiger partial charge >= 0.3 is 5.88 Å². The zero-order valence-electron chi connectivity index (χ0n) is 10.9. The third kappa shape index (κ3) is 3.03. The van der Waals surface area contributed by atoms with Gasteiger partial charge in [-0.2, -0.15) is 0 Å². The first-order chi connectivity index (χ1) is 9.11. The summed E-state index contributed by atoms with van der Waals surface area (Å²) in [6.45, 7) is 4.66. The van der Waals surface area contributed by atoms with Crippen LogP contribution in [0.4, 0.5) is 5.88 Å². The highest BCUT2D eigenvalue weighted by Gasteiger charge is 2.23. The molecule has 6 heteroatoms. The Morgan fingerprint density at radius 1 is 1.26 bits per heavy atom. The number of furan rings is 2. The minimum absolute atomic E-state index is 0.262. The van der Waals surface area contributed by atoms with Crippen molar-refractivity contribution in [3.05, 3.63) is 51.7 Å². The van der Waals surface area contributed by atoms with Crippen molar-refractivity contribution in [2.45, 2.75) is 26.3 Å². The second-order valence-corrected chi connectivity index (χ2v) is 4.27. The maximum Gasteiger partial charge on any atom is 0.433 e. The minimum atomic E-state index is -0.548. The highest BCUT2D eigenvalue weighted by Crippen LogP contribution is 2.28. The van der Waals surface area contributed by atoms with E-state index in [0.29, 0.717) is 11.5 Å². The SMILES string of the molecule is CCCNC(c1ccc(C)o1)c1ccc([N+](=O)[O-])o1. The van der Waals surface area contributed by atoms with E-state index < -0.39 is 4.92 Å². The Hall–Kier alpha value is -2.08. The van der Waals surface area contributed by atoms with Crippen molar-refractivity contribution in [3.63, 3.8) is 0 Å². The summed E-state index contributed by atoms with van der Waals surface area (Å²) in [5.41, 5.74) is 0. The van der Waals surface area contributed by atoms with Crippen LogP contribution in [-0.2, 0) is 0 Å². The highest BCUT2D eigenvalue weighted by atomic mass is 16.6. The molecule has 0 bridgehead atoms. The summed E-state index contributed by atoms with van der Waals surface area (Å²) in [6, 6.07) is 6.35. The summed E-state index contributed by atoms with van der Waals surface area (Å²) in [4.78, 5) is 10.1. The molecule has 1 N–H and O–H groups in total. The second kappa shape index (κ2) is 5.71. The van der Waals surface area contributed by atoms with Gasteiger partial charge in [0.2, 0.25) is 0 Å². The molecule has 0 spiro atoms. The van der Waals surface area contributed by atoms with Crippen molar-refractivity contribution in [1.82, 2.24) is 5.32 Å². The van der Waals surface area contributed by atoms with Crippen LogP contribution in [0.2, 0.25) is 0 Å². The first-order valence-corrected chi connectivity index (χ1v) is 6.15. The molecule has 1 unspecified atom stereocenters. The van der Waals surface area contributed by atoms with E-state index in [2.05, 4.69) is 5.32 Å². The van der Waals surface area contributed by atoms with Crippen LogP contribution in [0, 0.1) is 17.0 Å². The predicted octanol–water partition coefficient (Wildman–Crippen LogP) is 3.18. The van der Waals surface area contributed by atoms with Crippen LogP contribution in [0.5, 0.6) is 0 Å². The van der Waals surface area contributed by atoms with Gasteiger partial charge in [0.15, 0.2) is 0 Å². The summed E-state index contributed by atoms with van der Waals surface area (Å²) in [5.74, 6) is 1.70. The van der Waals surface area contributed by atoms with E-state index in [0.717, 1.165) is 18.7 Å². The van der Waals surface area contributed by atoms with E-state index in [9.17, 15) is 10.1 Å². The molecule has 2 heterocycles. The van der Waals surface area contributed by atoms with E-state index in [1.165, 1.54) is 6.07 Å². The van der Waals surface area contributed by atoms with Crippen LogP contribution in [0.1, 0.15) is 36.7 Å². The molecule has 2 aromatic heterocycles. The molecule has 0 aromatic carbocycles. The number of nitrogens with zero attached hydrogens (tertiary/aromatic N) is 1. The van der Waals surface area contributed by atoms with Crippen molar-refractivity contribution in [3.8, 4) is 0 Å². The fraction of sp³-hybridized carbons (Fsp3) is 0.385. The molecule has 0 saturated carbocycles. The Kier molecular flexibility index (Phi) is 4.01. The molecular formula is C13H16N2O4. The first-order valence-electron chi connectivity index (χ1n) is 6.15. The normalized spacial score (nSPS) is 12.5. The van der Waals surface area contributed by atoms with Gasteiger partial charge in [-0.3, -0.25) is 10.1 Å². The predicted molar refractivity (Wildman–Crippen MR) is 68.9 cm³/mol. The minimum Gasteiger partial charge on any atom is -0.464 e. The molecule has 19 heavy (non-hydrogen) atoms. The maximum atomic E-state index is 10.7. The lowest BCUT2D eigenvalue weighted by molar-refractivity contribution is -0.402. The van der Waals surface area contributed by atoms with Crippen molar-refractivity contribution < 1.29 is 13.8 Å². The maximum absolute atomic E-state index is 10.7. The summed E-state index contributed by atoms with van der Waals surface area (Å²) in [5, 5.41) is 13.9. The number of hydrogen-bond acceptors (Lipinski definition) is 5. The lowest BCUT2D eigenvalue weighted by Crippen LogP contribution is -2.22. The summed E-state index contributed by atoms with van der Waals surface area (Å²) in [7, 11) is 0. The largest absolute Gasteiger partial charge is 0.464 e. The van der Waals surface area contributed by atoms with Gasteiger partial charge in [0.1, 0.15) is 28.2 Å². The fourth-order valence-electron chi connectivity index (χ4n) is 1.83. The average Bonchev–Trinajstić information content (AvgIpc) is 2.99. The van der Waals surface area contributed by atoms with E-state index in [1.807, 2.05) is 26.0 Å². The zero-order valence-corrected chi connectivity index (χ0v) is 10.9. The Morgan fingerprint density at radius 2 is 1.95 bits per heavy atom. The Labute approximate surface area is 110 Å². The van der Waals surface area contributed by atoms with Gasteiger partial charge < -0.3 is 14.2 Å². The monoisotopic (exact) mass is 264 g/mol. The third-order valence-electron chi connectivity index (χ3n) is 2.72. The summed E-state index contributed by atoms with van der Waals surface area (Å²) in [6.07, 6.45) is 0.943. The number of aryl methyl sites for hydroxylation is 1. The van der Waals surface area contributed by atoms with Crippen LogP contribution >= 0.6 is 0 Å². The number of hydrogen-bond donors (Lipinski definition) is 1. The topological polar surface area (TPSA) is 81.5 Å². The van der Waals surface area contributed by atoms with E-state index in [-0.39, 0.29) is 11.9 Å². The van der Waals surface area contributed by atoms with Gasteiger partial charge in [-0.05, 0) is 38.1 Å². The van der Waals surface area contributed by atoms with Gasteiger partial charge in [-0.15, -0.1) is 0 Å². The van der Waals surface area contributed by atoms with Crippen LogP contribution in [0.25, 0.3) is 0 Å². The van der Waals surface area contributed by atoms with Gasteiger partial charge in [0.25, 0.3) is 0 Å². The lowest BCUT2D eigenvalue weighted by Gasteiger charge is -2.13. The van der Waals surface area contributed by atoms with Gasteiger partial charge in [0.05, 0.1) is 6.07 Å². The molecule has 6 nitrogen and oxygen atoms in total. The quantitative estimate of drug-likeness (QED) is 0.640. The molecule has 0 aliphatic rings. The Balaban J connectivity index is 2.28. The van der Waals surface area contributed by atoms with E-state index >= 15 is 0 Å². The highest BCUT2D eigenvalue weighted by molar-refractivity contribution is 5.25. The smallest absolute Gasteiger partial charge is 0.433 e. The van der Waals surface area contributed by atoms with E-state index in [4.69, 9.17) is 8.83 Å². The van der Waals surface area contributed by atoms with Crippen LogP contribution in [0.15, 0.2) is 33.1 Å². The van der Waals surface area contributed by atoms with E-state index in [1.54, 1.807) is 6.07 Å². The van der Waals surface area contributed by atoms with Crippen molar-refractivity contribution in [1.29, 1.82) is 0 Å². The standard InChI is InChI=1S/C13H16N2O4/c1-3-8-14-13(10-5-4-9(2)18-10)11-6-7-12(19-11)15(16)17/h4-7,13-14H,3,8H2,1-2H3. The summed E-state index contributed by atoms with van der Waals surface area (Å²) >= 11 is 0. The molecule has 0 amide bonds. The van der Waals surface area contributed by atoms with Crippen molar-refractivity contribution >= 4 is 5.88 Å². The van der Waals surface area contributed by atoms with Gasteiger partial charge in [-0.1, -0.05) is 6.92 Å². The molecule has 2 rings (SSSR count). The number of rotatable bonds is 6. The lowest BCUT2D eigenvalue weighted by atomic mass is 10.1. The van der Waals surface area contributed by atoms with Gasteiger partial charge in [-0.25, -0.2) is 0 Å². The summed E-state index contributed by atoms with van der Waals surface area (Å²) < 4.78 is 10.8. The van der Waals surface area contributed by atoms with Crippen LogP contribution in [-0.4, -0.2) is 11.5 Å². The molecule has 0 radical (unpaired) electrons. The average molecular weight is 264 g/mol. The Bertz CT molecular complexity index is 558. The zero-order chi connectivity index (χ0) is 13.8. The van der Waals surface area contributed by atoms with Crippen molar-refractivity contribution in [2.75, 3.05) is 6.54 Å². The molecule has 102 valence electrons. The third-order valence-corrected chi connectivity index (χ3v) is 2.72. The molecule has 1 atom stereocenters. The van der Waals surface area contributed by atoms with Crippen molar-refractivity contribution in [2.24, 2.45) is 0 Å². The van der Waals surface area contributed by atoms with Crippen LogP contribution < -0.4 is 5.32 Å². The molecule has 0 aliphatic heterocycles. The second-order valence-electron chi connectivity index (χ2n) is 4.27. The molecule has 0 fully saturated rings. The molecule has 0 aliphatic carbocycles. The number of nitro groups is 1. The molecular weight excluding hydrogens is 248 g/mol.